The summed E-state index contributed by atoms with van der Waals surface area (Å²) in [4.78, 5) is 26.4. The minimum absolute atomic E-state index is 0.225. The van der Waals surface area contributed by atoms with Crippen LogP contribution in [0.15, 0.2) is 76.4 Å². The highest BCUT2D eigenvalue weighted by Crippen LogP contribution is 2.46. The molecule has 1 saturated carbocycles. The van der Waals surface area contributed by atoms with E-state index in [1.54, 1.807) is 6.92 Å². The highest BCUT2D eigenvalue weighted by atomic mass is 19.1. The van der Waals surface area contributed by atoms with Gasteiger partial charge in [-0.3, -0.25) is 14.3 Å². The van der Waals surface area contributed by atoms with Crippen molar-refractivity contribution in [2.24, 2.45) is 11.8 Å². The fourth-order valence-corrected chi connectivity index (χ4v) is 4.21. The molecule has 0 bridgehead atoms. The number of aromatic nitrogens is 2. The topological polar surface area (TPSA) is 73.3 Å². The van der Waals surface area contributed by atoms with Gasteiger partial charge < -0.3 is 9.47 Å². The summed E-state index contributed by atoms with van der Waals surface area (Å²) in [6.07, 6.45) is 0.156. The number of nitrogens with one attached hydrogen (secondary N) is 1. The van der Waals surface area contributed by atoms with Crippen molar-refractivity contribution in [1.82, 2.24) is 9.55 Å². The van der Waals surface area contributed by atoms with Crippen LogP contribution in [0.3, 0.4) is 0 Å². The van der Waals surface area contributed by atoms with E-state index in [2.05, 4.69) is 4.98 Å². The molecule has 3 aromatic rings. The van der Waals surface area contributed by atoms with E-state index in [4.69, 9.17) is 9.47 Å². The maximum atomic E-state index is 15.3. The van der Waals surface area contributed by atoms with Crippen LogP contribution < -0.4 is 11.2 Å². The van der Waals surface area contributed by atoms with E-state index < -0.39 is 29.4 Å². The number of benzene rings is 2. The summed E-state index contributed by atoms with van der Waals surface area (Å²) >= 11 is 0. The average molecular weight is 438 g/mol. The average Bonchev–Trinajstić information content (AvgIpc) is 2.80. The zero-order chi connectivity index (χ0) is 22.5. The van der Waals surface area contributed by atoms with Crippen molar-refractivity contribution in [2.75, 3.05) is 13.2 Å². The molecule has 0 amide bonds. The van der Waals surface area contributed by atoms with E-state index in [1.165, 1.54) is 10.8 Å². The Morgan fingerprint density at radius 1 is 0.875 bits per heavy atom. The van der Waals surface area contributed by atoms with Crippen molar-refractivity contribution in [3.05, 3.63) is 104 Å². The summed E-state index contributed by atoms with van der Waals surface area (Å²) in [6, 6.07) is 18.7. The van der Waals surface area contributed by atoms with Gasteiger partial charge in [0.15, 0.2) is 0 Å². The molecule has 1 aliphatic rings. The fraction of sp³-hybridized carbons (Fsp3) is 0.360. The molecule has 4 atom stereocenters. The van der Waals surface area contributed by atoms with Crippen molar-refractivity contribution in [1.29, 1.82) is 0 Å². The Labute approximate surface area is 185 Å². The predicted molar refractivity (Wildman–Crippen MR) is 119 cm³/mol. The van der Waals surface area contributed by atoms with Gasteiger partial charge in [0.05, 0.1) is 32.5 Å². The van der Waals surface area contributed by atoms with E-state index in [-0.39, 0.29) is 19.1 Å². The lowest BCUT2D eigenvalue weighted by atomic mass is 9.68. The molecule has 0 saturated heterocycles. The fourth-order valence-electron chi connectivity index (χ4n) is 4.21. The van der Waals surface area contributed by atoms with E-state index in [1.807, 2.05) is 60.7 Å². The number of H-pyrrole nitrogens is 1. The van der Waals surface area contributed by atoms with Gasteiger partial charge in [-0.15, -0.1) is 0 Å². The van der Waals surface area contributed by atoms with Gasteiger partial charge in [-0.2, -0.15) is 0 Å². The van der Waals surface area contributed by atoms with Crippen molar-refractivity contribution in [2.45, 2.75) is 32.4 Å². The Bertz CT molecular complexity index is 1130. The first-order valence-electron chi connectivity index (χ1n) is 10.7. The molecule has 1 fully saturated rings. The van der Waals surface area contributed by atoms with Crippen LogP contribution in [0.1, 0.15) is 22.7 Å². The quantitative estimate of drug-likeness (QED) is 0.556. The van der Waals surface area contributed by atoms with Gasteiger partial charge in [0.25, 0.3) is 5.56 Å². The summed E-state index contributed by atoms with van der Waals surface area (Å²) in [6.45, 7) is 2.90. The number of aryl methyl sites for hydroxylation is 1. The van der Waals surface area contributed by atoms with E-state index in [9.17, 15) is 9.59 Å². The Morgan fingerprint density at radius 2 is 1.41 bits per heavy atom. The zero-order valence-corrected chi connectivity index (χ0v) is 17.9. The zero-order valence-electron chi connectivity index (χ0n) is 17.9. The monoisotopic (exact) mass is 438 g/mol. The first kappa shape index (κ1) is 22.2. The number of hydrogen-bond acceptors (Lipinski definition) is 4. The number of nitrogens with zero attached hydrogens (tertiary/aromatic N) is 1. The number of hydrogen-bond donors (Lipinski definition) is 1. The molecule has 4 rings (SSSR count). The smallest absolute Gasteiger partial charge is 0.328 e. The summed E-state index contributed by atoms with van der Waals surface area (Å²) in [5.74, 6) is -0.661. The molecular formula is C25H27FN2O4. The van der Waals surface area contributed by atoms with E-state index >= 15 is 4.39 Å². The van der Waals surface area contributed by atoms with Gasteiger partial charge in [-0.25, -0.2) is 9.18 Å². The normalized spacial score (nSPS) is 22.4. The van der Waals surface area contributed by atoms with Crippen LogP contribution in [0.4, 0.5) is 4.39 Å². The second-order valence-corrected chi connectivity index (χ2v) is 8.24. The van der Waals surface area contributed by atoms with E-state index in [0.29, 0.717) is 18.8 Å². The van der Waals surface area contributed by atoms with Crippen LogP contribution in [0.2, 0.25) is 0 Å². The molecule has 1 heterocycles. The van der Waals surface area contributed by atoms with E-state index in [0.717, 1.165) is 11.1 Å². The van der Waals surface area contributed by atoms with Gasteiger partial charge in [0.1, 0.15) is 6.17 Å². The number of rotatable bonds is 9. The lowest BCUT2D eigenvalue weighted by Crippen LogP contribution is -2.56. The summed E-state index contributed by atoms with van der Waals surface area (Å²) < 4.78 is 28.3. The highest BCUT2D eigenvalue weighted by Gasteiger charge is 2.52. The van der Waals surface area contributed by atoms with Crippen LogP contribution in [0.5, 0.6) is 0 Å². The molecular weight excluding hydrogens is 411 g/mol. The number of halogens is 1. The second-order valence-electron chi connectivity index (χ2n) is 8.24. The van der Waals surface area contributed by atoms with Gasteiger partial charge in [0, 0.05) is 23.6 Å². The van der Waals surface area contributed by atoms with Crippen LogP contribution >= 0.6 is 0 Å². The van der Waals surface area contributed by atoms with Crippen LogP contribution in [0, 0.1) is 18.8 Å². The maximum absolute atomic E-state index is 15.3. The minimum Gasteiger partial charge on any atom is -0.376 e. The van der Waals surface area contributed by atoms with Gasteiger partial charge >= 0.3 is 5.69 Å². The maximum Gasteiger partial charge on any atom is 0.328 e. The van der Waals surface area contributed by atoms with Crippen molar-refractivity contribution >= 4 is 0 Å². The molecule has 1 aromatic heterocycles. The molecule has 168 valence electrons. The molecule has 1 N–H and O–H groups in total. The van der Waals surface area contributed by atoms with Crippen molar-refractivity contribution in [3.8, 4) is 0 Å². The summed E-state index contributed by atoms with van der Waals surface area (Å²) in [7, 11) is 0. The van der Waals surface area contributed by atoms with Gasteiger partial charge in [0.2, 0.25) is 0 Å². The van der Waals surface area contributed by atoms with Crippen molar-refractivity contribution in [3.63, 3.8) is 0 Å². The molecule has 0 radical (unpaired) electrons. The van der Waals surface area contributed by atoms with Gasteiger partial charge in [-0.05, 0) is 18.1 Å². The highest BCUT2D eigenvalue weighted by molar-refractivity contribution is 5.14. The van der Waals surface area contributed by atoms with Crippen LogP contribution in [-0.4, -0.2) is 28.9 Å². The summed E-state index contributed by atoms with van der Waals surface area (Å²) in [5.41, 5.74) is 1.34. The second kappa shape index (κ2) is 10.1. The predicted octanol–water partition coefficient (Wildman–Crippen LogP) is 3.40. The Morgan fingerprint density at radius 3 is 1.97 bits per heavy atom. The Hall–Kier alpha value is -3.03. The first-order chi connectivity index (χ1) is 15.5. The molecule has 2 aromatic carbocycles. The van der Waals surface area contributed by atoms with Gasteiger partial charge in [-0.1, -0.05) is 60.7 Å². The molecule has 6 nitrogen and oxygen atoms in total. The molecule has 0 spiro atoms. The molecule has 32 heavy (non-hydrogen) atoms. The van der Waals surface area contributed by atoms with Crippen LogP contribution in [-0.2, 0) is 22.7 Å². The largest absolute Gasteiger partial charge is 0.376 e. The number of ether oxygens (including phenoxy) is 2. The molecule has 0 unspecified atom stereocenters. The third kappa shape index (κ3) is 4.89. The Kier molecular flexibility index (Phi) is 6.97. The minimum atomic E-state index is -1.28. The Balaban J connectivity index is 1.46. The SMILES string of the molecule is Cc1cn([C@@H]2[C@@H](F)[C@H](COCc3ccccc3)[C@H]2COCc2ccccc2)c(=O)[nH]c1=O. The third-order valence-corrected chi connectivity index (χ3v) is 6.03. The first-order valence-corrected chi connectivity index (χ1v) is 10.7. The lowest BCUT2D eigenvalue weighted by Gasteiger charge is -2.48. The standard InChI is InChI=1S/C25H27FN2O4/c1-17-12-28(25(30)27-24(17)29)23-21(16-32-14-19-10-6-3-7-11-19)20(22(23)26)15-31-13-18-8-4-2-5-9-18/h2-12,20-23H,13-16H2,1H3,(H,27,29,30)/t20-,21-,22+,23+/m1/s1. The third-order valence-electron chi connectivity index (χ3n) is 6.03. The summed E-state index contributed by atoms with van der Waals surface area (Å²) in [5, 5.41) is 0. The molecule has 1 aliphatic carbocycles. The van der Waals surface area contributed by atoms with Crippen molar-refractivity contribution < 1.29 is 13.9 Å². The number of alkyl halides is 1. The molecule has 0 aliphatic heterocycles. The lowest BCUT2D eigenvalue weighted by molar-refractivity contribution is -0.116. The molecule has 7 heteroatoms. The van der Waals surface area contributed by atoms with Crippen LogP contribution in [0.25, 0.3) is 0 Å². The number of aromatic amines is 1.